The fourth-order valence-electron chi connectivity index (χ4n) is 2.83. The van der Waals surface area contributed by atoms with Crippen LogP contribution in [-0.2, 0) is 0 Å². The standard InChI is InChI=1S/C18H20FN3O/c1-14-6-2-5-9-17(14)21-10-12-22(13-11-21)18(23)20-16-8-4-3-7-15(16)19/h2-9H,10-13H2,1H3,(H,20,23). The highest BCUT2D eigenvalue weighted by atomic mass is 19.1. The van der Waals surface area contributed by atoms with Crippen LogP contribution in [0.4, 0.5) is 20.6 Å². The second kappa shape index (κ2) is 6.69. The van der Waals surface area contributed by atoms with Gasteiger partial charge < -0.3 is 15.1 Å². The Hall–Kier alpha value is -2.56. The number of hydrogen-bond acceptors (Lipinski definition) is 2. The quantitative estimate of drug-likeness (QED) is 0.921. The molecular weight excluding hydrogens is 293 g/mol. The number of piperazine rings is 1. The maximum Gasteiger partial charge on any atom is 0.322 e. The van der Waals surface area contributed by atoms with Crippen molar-refractivity contribution in [3.63, 3.8) is 0 Å². The van der Waals surface area contributed by atoms with E-state index in [1.807, 2.05) is 12.1 Å². The molecule has 0 radical (unpaired) electrons. The van der Waals surface area contributed by atoms with E-state index < -0.39 is 5.82 Å². The smallest absolute Gasteiger partial charge is 0.322 e. The Kier molecular flexibility index (Phi) is 4.46. The highest BCUT2D eigenvalue weighted by Gasteiger charge is 2.22. The lowest BCUT2D eigenvalue weighted by Gasteiger charge is -2.36. The van der Waals surface area contributed by atoms with Gasteiger partial charge in [-0.15, -0.1) is 0 Å². The summed E-state index contributed by atoms with van der Waals surface area (Å²) in [5.74, 6) is -0.417. The third kappa shape index (κ3) is 3.44. The predicted octanol–water partition coefficient (Wildman–Crippen LogP) is 3.49. The van der Waals surface area contributed by atoms with E-state index in [-0.39, 0.29) is 11.7 Å². The first-order valence-corrected chi connectivity index (χ1v) is 7.76. The van der Waals surface area contributed by atoms with Gasteiger partial charge in [-0.2, -0.15) is 0 Å². The summed E-state index contributed by atoms with van der Waals surface area (Å²) in [6.45, 7) is 4.88. The summed E-state index contributed by atoms with van der Waals surface area (Å²) >= 11 is 0. The molecule has 0 atom stereocenters. The molecule has 0 aromatic heterocycles. The van der Waals surface area contributed by atoms with Crippen molar-refractivity contribution in [2.75, 3.05) is 36.4 Å². The number of urea groups is 1. The van der Waals surface area contributed by atoms with E-state index in [1.165, 1.54) is 17.3 Å². The summed E-state index contributed by atoms with van der Waals surface area (Å²) < 4.78 is 13.6. The highest BCUT2D eigenvalue weighted by Crippen LogP contribution is 2.21. The lowest BCUT2D eigenvalue weighted by atomic mass is 10.1. The Morgan fingerprint density at radius 2 is 1.65 bits per heavy atom. The van der Waals surface area contributed by atoms with Crippen LogP contribution in [-0.4, -0.2) is 37.1 Å². The second-order valence-electron chi connectivity index (χ2n) is 5.67. The van der Waals surface area contributed by atoms with Gasteiger partial charge in [-0.1, -0.05) is 30.3 Å². The maximum absolute atomic E-state index is 13.6. The van der Waals surface area contributed by atoms with Crippen LogP contribution in [0.25, 0.3) is 0 Å². The monoisotopic (exact) mass is 313 g/mol. The molecule has 1 saturated heterocycles. The van der Waals surface area contributed by atoms with Crippen molar-refractivity contribution in [3.8, 4) is 0 Å². The number of anilines is 2. The van der Waals surface area contributed by atoms with Crippen molar-refractivity contribution in [2.45, 2.75) is 6.92 Å². The molecule has 1 aliphatic heterocycles. The number of rotatable bonds is 2. The second-order valence-corrected chi connectivity index (χ2v) is 5.67. The molecule has 0 bridgehead atoms. The average Bonchev–Trinajstić information content (AvgIpc) is 2.57. The minimum absolute atomic E-state index is 0.221. The molecule has 23 heavy (non-hydrogen) atoms. The van der Waals surface area contributed by atoms with E-state index in [4.69, 9.17) is 0 Å². The van der Waals surface area contributed by atoms with Crippen LogP contribution in [0.1, 0.15) is 5.56 Å². The van der Waals surface area contributed by atoms with Gasteiger partial charge in [0, 0.05) is 31.9 Å². The van der Waals surface area contributed by atoms with E-state index >= 15 is 0 Å². The van der Waals surface area contributed by atoms with E-state index in [0.29, 0.717) is 13.1 Å². The first-order valence-electron chi connectivity index (χ1n) is 7.76. The van der Waals surface area contributed by atoms with E-state index in [9.17, 15) is 9.18 Å². The molecule has 0 saturated carbocycles. The number of hydrogen-bond donors (Lipinski definition) is 1. The summed E-state index contributed by atoms with van der Waals surface area (Å²) in [7, 11) is 0. The Balaban J connectivity index is 1.60. The van der Waals surface area contributed by atoms with Gasteiger partial charge >= 0.3 is 6.03 Å². The van der Waals surface area contributed by atoms with Crippen molar-refractivity contribution in [3.05, 3.63) is 59.9 Å². The van der Waals surface area contributed by atoms with E-state index in [0.717, 1.165) is 13.1 Å². The fourth-order valence-corrected chi connectivity index (χ4v) is 2.83. The minimum Gasteiger partial charge on any atom is -0.368 e. The summed E-state index contributed by atoms with van der Waals surface area (Å²) in [6.07, 6.45) is 0. The SMILES string of the molecule is Cc1ccccc1N1CCN(C(=O)Nc2ccccc2F)CC1. The van der Waals surface area contributed by atoms with E-state index in [2.05, 4.69) is 29.3 Å². The molecule has 1 aliphatic rings. The van der Waals surface area contributed by atoms with Crippen LogP contribution in [0.15, 0.2) is 48.5 Å². The van der Waals surface area contributed by atoms with Crippen LogP contribution in [0, 0.1) is 12.7 Å². The first kappa shape index (κ1) is 15.3. The van der Waals surface area contributed by atoms with Gasteiger partial charge in [0.15, 0.2) is 0 Å². The molecular formula is C18H20FN3O. The molecule has 0 spiro atoms. The van der Waals surface area contributed by atoms with Crippen molar-refractivity contribution in [1.82, 2.24) is 4.90 Å². The number of nitrogens with zero attached hydrogens (tertiary/aromatic N) is 2. The predicted molar refractivity (Wildman–Crippen MR) is 90.4 cm³/mol. The average molecular weight is 313 g/mol. The van der Waals surface area contributed by atoms with Gasteiger partial charge in [0.2, 0.25) is 0 Å². The number of aryl methyl sites for hydroxylation is 1. The summed E-state index contributed by atoms with van der Waals surface area (Å²) in [5.41, 5.74) is 2.66. The summed E-state index contributed by atoms with van der Waals surface area (Å²) in [4.78, 5) is 16.3. The Bertz CT molecular complexity index is 696. The van der Waals surface area contributed by atoms with Crippen LogP contribution >= 0.6 is 0 Å². The van der Waals surface area contributed by atoms with Crippen LogP contribution in [0.3, 0.4) is 0 Å². The molecule has 2 aromatic carbocycles. The topological polar surface area (TPSA) is 35.6 Å². The largest absolute Gasteiger partial charge is 0.368 e. The van der Waals surface area contributed by atoms with Crippen molar-refractivity contribution in [2.24, 2.45) is 0 Å². The molecule has 3 rings (SSSR count). The number of carbonyl (C=O) groups is 1. The van der Waals surface area contributed by atoms with Gasteiger partial charge in [-0.05, 0) is 30.7 Å². The third-order valence-corrected chi connectivity index (χ3v) is 4.14. The Labute approximate surface area is 135 Å². The zero-order valence-electron chi connectivity index (χ0n) is 13.1. The molecule has 1 fully saturated rings. The van der Waals surface area contributed by atoms with Gasteiger partial charge in [-0.3, -0.25) is 0 Å². The molecule has 2 amide bonds. The Morgan fingerprint density at radius 3 is 2.35 bits per heavy atom. The van der Waals surface area contributed by atoms with Crippen molar-refractivity contribution >= 4 is 17.4 Å². The van der Waals surface area contributed by atoms with Gasteiger partial charge in [0.05, 0.1) is 5.69 Å². The normalized spacial score (nSPS) is 14.7. The van der Waals surface area contributed by atoms with Crippen LogP contribution in [0.5, 0.6) is 0 Å². The lowest BCUT2D eigenvalue weighted by Crippen LogP contribution is -2.50. The Morgan fingerprint density at radius 1 is 1.00 bits per heavy atom. The number of carbonyl (C=O) groups excluding carboxylic acids is 1. The third-order valence-electron chi connectivity index (χ3n) is 4.14. The first-order chi connectivity index (χ1) is 11.1. The zero-order valence-corrected chi connectivity index (χ0v) is 13.1. The fraction of sp³-hybridized carbons (Fsp3) is 0.278. The van der Waals surface area contributed by atoms with Gasteiger partial charge in [0.1, 0.15) is 5.82 Å². The number of benzene rings is 2. The summed E-state index contributed by atoms with van der Waals surface area (Å²) in [6, 6.07) is 14.2. The number of nitrogens with one attached hydrogen (secondary N) is 1. The number of para-hydroxylation sites is 2. The van der Waals surface area contributed by atoms with Crippen LogP contribution in [0.2, 0.25) is 0 Å². The van der Waals surface area contributed by atoms with Gasteiger partial charge in [0.25, 0.3) is 0 Å². The van der Waals surface area contributed by atoms with Gasteiger partial charge in [-0.25, -0.2) is 9.18 Å². The highest BCUT2D eigenvalue weighted by molar-refractivity contribution is 5.89. The van der Waals surface area contributed by atoms with Crippen LogP contribution < -0.4 is 10.2 Å². The molecule has 120 valence electrons. The summed E-state index contributed by atoms with van der Waals surface area (Å²) in [5, 5.41) is 2.64. The molecule has 1 heterocycles. The minimum atomic E-state index is -0.417. The lowest BCUT2D eigenvalue weighted by molar-refractivity contribution is 0.208. The molecule has 1 N–H and O–H groups in total. The molecule has 2 aromatic rings. The molecule has 4 nitrogen and oxygen atoms in total. The zero-order chi connectivity index (χ0) is 16.2. The van der Waals surface area contributed by atoms with Crippen molar-refractivity contribution in [1.29, 1.82) is 0 Å². The number of halogens is 1. The number of amides is 2. The molecule has 0 aliphatic carbocycles. The van der Waals surface area contributed by atoms with E-state index in [1.54, 1.807) is 23.1 Å². The maximum atomic E-state index is 13.6. The molecule has 0 unspecified atom stereocenters. The molecule has 5 heteroatoms. The van der Waals surface area contributed by atoms with Crippen molar-refractivity contribution < 1.29 is 9.18 Å².